The molecule has 0 aliphatic carbocycles. The fraction of sp³-hybridized carbons (Fsp3) is 0.333. The minimum Gasteiger partial charge on any atom is -0.452 e. The number of carbonyl (C=O) groups is 4. The standard InChI is InChI=1S/C24H23ClN2O5/c1-14-6-5-7-15(2)26(14)21(28)13-32-24(31)16-10-11-17-18(12-16)23(30)27(22(17)29)20-9-4-3-8-19(20)25/h3-4,8-12,14-15H,5-7,13H2,1-2H3/t14-,15+. The van der Waals surface area contributed by atoms with Crippen molar-refractivity contribution in [1.82, 2.24) is 4.90 Å². The molecule has 2 aliphatic heterocycles. The highest BCUT2D eigenvalue weighted by molar-refractivity contribution is 6.39. The first kappa shape index (κ1) is 22.0. The molecule has 7 nitrogen and oxygen atoms in total. The smallest absolute Gasteiger partial charge is 0.338 e. The topological polar surface area (TPSA) is 84.0 Å². The van der Waals surface area contributed by atoms with Crippen LogP contribution in [0, 0.1) is 0 Å². The number of nitrogens with zero attached hydrogens (tertiary/aromatic N) is 2. The maximum atomic E-state index is 12.9. The molecule has 166 valence electrons. The molecule has 2 aromatic rings. The van der Waals surface area contributed by atoms with Crippen molar-refractivity contribution in [2.24, 2.45) is 0 Å². The van der Waals surface area contributed by atoms with E-state index in [4.69, 9.17) is 16.3 Å². The zero-order valence-corrected chi connectivity index (χ0v) is 18.6. The number of halogens is 1. The molecule has 0 saturated carbocycles. The van der Waals surface area contributed by atoms with Crippen molar-refractivity contribution in [3.8, 4) is 0 Å². The Bertz CT molecular complexity index is 1110. The second-order valence-corrected chi connectivity index (χ2v) is 8.57. The van der Waals surface area contributed by atoms with E-state index in [0.717, 1.165) is 24.2 Å². The summed E-state index contributed by atoms with van der Waals surface area (Å²) in [6.45, 7) is 3.61. The summed E-state index contributed by atoms with van der Waals surface area (Å²) in [4.78, 5) is 53.6. The van der Waals surface area contributed by atoms with Crippen molar-refractivity contribution < 1.29 is 23.9 Å². The van der Waals surface area contributed by atoms with Gasteiger partial charge in [0.05, 0.1) is 27.4 Å². The Balaban J connectivity index is 1.49. The number of ether oxygens (including phenoxy) is 1. The quantitative estimate of drug-likeness (QED) is 0.513. The van der Waals surface area contributed by atoms with Gasteiger partial charge in [-0.25, -0.2) is 9.69 Å². The van der Waals surface area contributed by atoms with Crippen LogP contribution in [-0.4, -0.2) is 47.3 Å². The van der Waals surface area contributed by atoms with Gasteiger partial charge in [0, 0.05) is 12.1 Å². The molecule has 2 heterocycles. The average molecular weight is 455 g/mol. The normalized spacial score (nSPS) is 20.3. The number of likely N-dealkylation sites (tertiary alicyclic amines) is 1. The number of benzene rings is 2. The first-order valence-corrected chi connectivity index (χ1v) is 10.9. The van der Waals surface area contributed by atoms with Gasteiger partial charge in [0.15, 0.2) is 6.61 Å². The average Bonchev–Trinajstić information content (AvgIpc) is 3.02. The van der Waals surface area contributed by atoms with E-state index >= 15 is 0 Å². The second-order valence-electron chi connectivity index (χ2n) is 8.16. The molecule has 0 aromatic heterocycles. The molecule has 3 amide bonds. The van der Waals surface area contributed by atoms with Gasteiger partial charge in [-0.05, 0) is 63.4 Å². The number of para-hydroxylation sites is 1. The molecule has 0 spiro atoms. The minimum absolute atomic E-state index is 0.0916. The third kappa shape index (κ3) is 3.88. The molecule has 0 N–H and O–H groups in total. The van der Waals surface area contributed by atoms with E-state index in [-0.39, 0.29) is 52.0 Å². The first-order valence-electron chi connectivity index (χ1n) is 10.5. The Morgan fingerprint density at radius 2 is 1.66 bits per heavy atom. The van der Waals surface area contributed by atoms with Crippen LogP contribution >= 0.6 is 11.6 Å². The van der Waals surface area contributed by atoms with Gasteiger partial charge in [0.2, 0.25) is 0 Å². The molecule has 1 fully saturated rings. The van der Waals surface area contributed by atoms with Gasteiger partial charge < -0.3 is 9.64 Å². The lowest BCUT2D eigenvalue weighted by Gasteiger charge is -2.38. The Hall–Kier alpha value is -3.19. The number of esters is 1. The number of amides is 3. The molecule has 8 heteroatoms. The molecule has 2 aromatic carbocycles. The first-order chi connectivity index (χ1) is 15.3. The van der Waals surface area contributed by atoms with Crippen molar-refractivity contribution in [1.29, 1.82) is 0 Å². The number of hydrogen-bond acceptors (Lipinski definition) is 5. The number of carbonyl (C=O) groups excluding carboxylic acids is 4. The fourth-order valence-electron chi connectivity index (χ4n) is 4.42. The largest absolute Gasteiger partial charge is 0.452 e. The molecule has 0 radical (unpaired) electrons. The Kier molecular flexibility index (Phi) is 6.02. The van der Waals surface area contributed by atoms with Crippen molar-refractivity contribution in [3.63, 3.8) is 0 Å². The number of piperidine rings is 1. The van der Waals surface area contributed by atoms with Crippen molar-refractivity contribution in [3.05, 3.63) is 64.2 Å². The minimum atomic E-state index is -0.727. The third-order valence-corrected chi connectivity index (χ3v) is 6.34. The summed E-state index contributed by atoms with van der Waals surface area (Å²) >= 11 is 6.16. The highest BCUT2D eigenvalue weighted by atomic mass is 35.5. The second kappa shape index (κ2) is 8.74. The maximum Gasteiger partial charge on any atom is 0.338 e. The van der Waals surface area contributed by atoms with Gasteiger partial charge in [-0.2, -0.15) is 0 Å². The Morgan fingerprint density at radius 3 is 2.34 bits per heavy atom. The van der Waals surface area contributed by atoms with Crippen LogP contribution in [0.2, 0.25) is 5.02 Å². The van der Waals surface area contributed by atoms with Crippen LogP contribution < -0.4 is 4.90 Å². The lowest BCUT2D eigenvalue weighted by Crippen LogP contribution is -2.49. The fourth-order valence-corrected chi connectivity index (χ4v) is 4.64. The van der Waals surface area contributed by atoms with E-state index in [1.165, 1.54) is 18.2 Å². The summed E-state index contributed by atoms with van der Waals surface area (Å²) in [5, 5.41) is 0.265. The molecule has 0 unspecified atom stereocenters. The van der Waals surface area contributed by atoms with Crippen LogP contribution in [0.5, 0.6) is 0 Å². The maximum absolute atomic E-state index is 12.9. The van der Waals surface area contributed by atoms with Gasteiger partial charge >= 0.3 is 5.97 Å². The van der Waals surface area contributed by atoms with E-state index in [2.05, 4.69) is 0 Å². The molecule has 2 aliphatic rings. The summed E-state index contributed by atoms with van der Waals surface area (Å²) in [6.07, 6.45) is 2.92. The zero-order chi connectivity index (χ0) is 23.0. The van der Waals surface area contributed by atoms with E-state index in [1.807, 2.05) is 13.8 Å². The number of fused-ring (bicyclic) bond motifs is 1. The molecular weight excluding hydrogens is 432 g/mol. The SMILES string of the molecule is C[C@@H]1CCC[C@H](C)N1C(=O)COC(=O)c1ccc2c(c1)C(=O)N(c1ccccc1Cl)C2=O. The van der Waals surface area contributed by atoms with Gasteiger partial charge in [-0.15, -0.1) is 0 Å². The lowest BCUT2D eigenvalue weighted by molar-refractivity contribution is -0.140. The monoisotopic (exact) mass is 454 g/mol. The zero-order valence-electron chi connectivity index (χ0n) is 17.8. The number of imide groups is 1. The van der Waals surface area contributed by atoms with Crippen LogP contribution in [0.25, 0.3) is 0 Å². The Morgan fingerprint density at radius 1 is 1.00 bits per heavy atom. The highest BCUT2D eigenvalue weighted by Gasteiger charge is 2.38. The number of rotatable bonds is 4. The van der Waals surface area contributed by atoms with Crippen LogP contribution in [0.1, 0.15) is 64.2 Å². The van der Waals surface area contributed by atoms with Gasteiger partial charge in [0.25, 0.3) is 17.7 Å². The van der Waals surface area contributed by atoms with Gasteiger partial charge in [-0.1, -0.05) is 23.7 Å². The van der Waals surface area contributed by atoms with E-state index in [9.17, 15) is 19.2 Å². The molecule has 1 saturated heterocycles. The van der Waals surface area contributed by atoms with Crippen LogP contribution in [0.3, 0.4) is 0 Å². The van der Waals surface area contributed by atoms with Crippen LogP contribution in [0.4, 0.5) is 5.69 Å². The number of hydrogen-bond donors (Lipinski definition) is 0. The summed E-state index contributed by atoms with van der Waals surface area (Å²) in [5.74, 6) is -2.05. The molecule has 2 atom stereocenters. The third-order valence-electron chi connectivity index (χ3n) is 6.02. The molecule has 4 rings (SSSR count). The Labute approximate surface area is 190 Å². The summed E-state index contributed by atoms with van der Waals surface area (Å²) in [7, 11) is 0. The van der Waals surface area contributed by atoms with E-state index < -0.39 is 17.8 Å². The van der Waals surface area contributed by atoms with Crippen LogP contribution in [-0.2, 0) is 9.53 Å². The predicted octanol–water partition coefficient (Wildman–Crippen LogP) is 4.09. The molecule has 32 heavy (non-hydrogen) atoms. The van der Waals surface area contributed by atoms with E-state index in [0.29, 0.717) is 0 Å². The van der Waals surface area contributed by atoms with E-state index in [1.54, 1.807) is 29.2 Å². The van der Waals surface area contributed by atoms with Crippen molar-refractivity contribution in [2.75, 3.05) is 11.5 Å². The number of anilines is 1. The molecule has 0 bridgehead atoms. The summed E-state index contributed by atoms with van der Waals surface area (Å²) < 4.78 is 5.23. The van der Waals surface area contributed by atoms with Crippen LogP contribution in [0.15, 0.2) is 42.5 Å². The lowest BCUT2D eigenvalue weighted by atomic mass is 9.97. The summed E-state index contributed by atoms with van der Waals surface area (Å²) in [5.41, 5.74) is 0.644. The molecular formula is C24H23ClN2O5. The van der Waals surface area contributed by atoms with Gasteiger partial charge in [-0.3, -0.25) is 14.4 Å². The predicted molar refractivity (Wildman–Crippen MR) is 119 cm³/mol. The van der Waals surface area contributed by atoms with Gasteiger partial charge in [0.1, 0.15) is 0 Å². The van der Waals surface area contributed by atoms with Crippen molar-refractivity contribution >= 4 is 41.0 Å². The highest BCUT2D eigenvalue weighted by Crippen LogP contribution is 2.33. The summed E-state index contributed by atoms with van der Waals surface area (Å²) in [6, 6.07) is 10.9. The van der Waals surface area contributed by atoms with Crippen molar-refractivity contribution in [2.45, 2.75) is 45.2 Å².